The summed E-state index contributed by atoms with van der Waals surface area (Å²) in [5.41, 5.74) is 9.59. The normalized spacial score (nSPS) is 14.2. The van der Waals surface area contributed by atoms with Crippen molar-refractivity contribution >= 4 is 11.4 Å². The van der Waals surface area contributed by atoms with Crippen LogP contribution in [0.3, 0.4) is 0 Å². The molecule has 2 N–H and O–H groups in total. The van der Waals surface area contributed by atoms with Crippen molar-refractivity contribution in [2.75, 3.05) is 43.4 Å². The molecule has 1 aliphatic heterocycles. The largest absolute Gasteiger partial charge is 0.399 e. The van der Waals surface area contributed by atoms with Crippen LogP contribution in [0, 0.1) is 0 Å². The molecule has 0 radical (unpaired) electrons. The molecule has 0 aromatic heterocycles. The highest BCUT2D eigenvalue weighted by Gasteiger charge is 2.19. The third kappa shape index (κ3) is 3.63. The summed E-state index contributed by atoms with van der Waals surface area (Å²) < 4.78 is 0. The minimum Gasteiger partial charge on any atom is -0.399 e. The highest BCUT2D eigenvalue weighted by molar-refractivity contribution is 5.64. The van der Waals surface area contributed by atoms with Crippen molar-refractivity contribution in [2.45, 2.75) is 33.1 Å². The zero-order chi connectivity index (χ0) is 13.7. The molecular weight excluding hydrogens is 234 g/mol. The number of hydrogen-bond donors (Lipinski definition) is 1. The summed E-state index contributed by atoms with van der Waals surface area (Å²) in [6.45, 7) is 10.4. The Hall–Kier alpha value is -1.22. The zero-order valence-electron chi connectivity index (χ0n) is 12.4. The third-order valence-corrected chi connectivity index (χ3v) is 3.87. The molecule has 3 heteroatoms. The Morgan fingerprint density at radius 2 is 1.89 bits per heavy atom. The van der Waals surface area contributed by atoms with Crippen LogP contribution < -0.4 is 10.6 Å². The van der Waals surface area contributed by atoms with Gasteiger partial charge in [-0.3, -0.25) is 0 Å². The van der Waals surface area contributed by atoms with Crippen LogP contribution in [-0.4, -0.2) is 37.6 Å². The van der Waals surface area contributed by atoms with Crippen molar-refractivity contribution in [1.82, 2.24) is 4.90 Å². The first-order chi connectivity index (χ1) is 9.24. The molecule has 0 saturated heterocycles. The highest BCUT2D eigenvalue weighted by atomic mass is 15.2. The van der Waals surface area contributed by atoms with Gasteiger partial charge in [-0.2, -0.15) is 0 Å². The Kier molecular flexibility index (Phi) is 5.08. The van der Waals surface area contributed by atoms with Crippen molar-refractivity contribution in [2.24, 2.45) is 0 Å². The molecule has 2 rings (SSSR count). The summed E-state index contributed by atoms with van der Waals surface area (Å²) in [5, 5.41) is 0. The highest BCUT2D eigenvalue weighted by Crippen LogP contribution is 2.29. The topological polar surface area (TPSA) is 32.5 Å². The van der Waals surface area contributed by atoms with E-state index in [0.29, 0.717) is 0 Å². The number of rotatable bonds is 7. The molecule has 1 aromatic carbocycles. The van der Waals surface area contributed by atoms with E-state index in [1.807, 2.05) is 6.07 Å². The summed E-state index contributed by atoms with van der Waals surface area (Å²) in [6, 6.07) is 6.33. The number of fused-ring (bicyclic) bond motifs is 1. The maximum absolute atomic E-state index is 5.91. The minimum atomic E-state index is 0.879. The number of benzene rings is 1. The smallest absolute Gasteiger partial charge is 0.0420 e. The molecule has 0 atom stereocenters. The number of nitrogens with zero attached hydrogens (tertiary/aromatic N) is 2. The van der Waals surface area contributed by atoms with Crippen LogP contribution in [0.1, 0.15) is 32.3 Å². The van der Waals surface area contributed by atoms with Crippen LogP contribution in [0.5, 0.6) is 0 Å². The summed E-state index contributed by atoms with van der Waals surface area (Å²) in [5.74, 6) is 0. The lowest BCUT2D eigenvalue weighted by Gasteiger charge is -2.26. The van der Waals surface area contributed by atoms with Gasteiger partial charge in [-0.05, 0) is 50.0 Å². The van der Waals surface area contributed by atoms with Gasteiger partial charge in [0.1, 0.15) is 0 Å². The fourth-order valence-electron chi connectivity index (χ4n) is 2.92. The molecule has 0 fully saturated rings. The van der Waals surface area contributed by atoms with Crippen molar-refractivity contribution < 1.29 is 0 Å². The predicted octanol–water partition coefficient (Wildman–Crippen LogP) is 2.75. The molecule has 0 spiro atoms. The van der Waals surface area contributed by atoms with Crippen LogP contribution in [-0.2, 0) is 6.42 Å². The van der Waals surface area contributed by atoms with Crippen LogP contribution in [0.15, 0.2) is 18.2 Å². The maximum atomic E-state index is 5.91. The molecule has 0 unspecified atom stereocenters. The van der Waals surface area contributed by atoms with E-state index in [0.717, 1.165) is 31.7 Å². The Morgan fingerprint density at radius 1 is 1.16 bits per heavy atom. The van der Waals surface area contributed by atoms with E-state index in [4.69, 9.17) is 5.73 Å². The third-order valence-electron chi connectivity index (χ3n) is 3.87. The van der Waals surface area contributed by atoms with Gasteiger partial charge in [0.05, 0.1) is 0 Å². The molecule has 3 nitrogen and oxygen atoms in total. The van der Waals surface area contributed by atoms with Crippen molar-refractivity contribution in [1.29, 1.82) is 0 Å². The molecule has 1 aliphatic rings. The van der Waals surface area contributed by atoms with Gasteiger partial charge < -0.3 is 15.5 Å². The average molecular weight is 261 g/mol. The Morgan fingerprint density at radius 3 is 2.58 bits per heavy atom. The number of anilines is 2. The fraction of sp³-hybridized carbons (Fsp3) is 0.625. The molecule has 1 aromatic rings. The first-order valence-electron chi connectivity index (χ1n) is 7.60. The summed E-state index contributed by atoms with van der Waals surface area (Å²) in [7, 11) is 0. The SMILES string of the molecule is CCCN(CCC)CCN1CCc2ccc(N)cc21. The monoisotopic (exact) mass is 261 g/mol. The molecule has 0 amide bonds. The van der Waals surface area contributed by atoms with Gasteiger partial charge in [0.2, 0.25) is 0 Å². The number of nitrogens with two attached hydrogens (primary N) is 1. The molecule has 0 aliphatic carbocycles. The fourth-order valence-corrected chi connectivity index (χ4v) is 2.92. The lowest BCUT2D eigenvalue weighted by Crippen LogP contribution is -2.35. The first-order valence-corrected chi connectivity index (χ1v) is 7.60. The van der Waals surface area contributed by atoms with E-state index < -0.39 is 0 Å². The molecule has 106 valence electrons. The number of hydrogen-bond acceptors (Lipinski definition) is 3. The van der Waals surface area contributed by atoms with Crippen LogP contribution in [0.25, 0.3) is 0 Å². The Labute approximate surface area is 117 Å². The van der Waals surface area contributed by atoms with Gasteiger partial charge in [0.15, 0.2) is 0 Å². The maximum Gasteiger partial charge on any atom is 0.0420 e. The van der Waals surface area contributed by atoms with E-state index >= 15 is 0 Å². The predicted molar refractivity (Wildman–Crippen MR) is 83.8 cm³/mol. The Balaban J connectivity index is 1.93. The second-order valence-electron chi connectivity index (χ2n) is 5.47. The van der Waals surface area contributed by atoms with Crippen molar-refractivity contribution in [3.05, 3.63) is 23.8 Å². The molecule has 19 heavy (non-hydrogen) atoms. The van der Waals surface area contributed by atoms with E-state index in [9.17, 15) is 0 Å². The molecule has 0 bridgehead atoms. The average Bonchev–Trinajstić information content (AvgIpc) is 2.79. The van der Waals surface area contributed by atoms with E-state index in [2.05, 4.69) is 35.8 Å². The van der Waals surface area contributed by atoms with Crippen LogP contribution >= 0.6 is 0 Å². The number of nitrogen functional groups attached to an aromatic ring is 1. The van der Waals surface area contributed by atoms with Gasteiger partial charge in [-0.25, -0.2) is 0 Å². The quantitative estimate of drug-likeness (QED) is 0.766. The summed E-state index contributed by atoms with van der Waals surface area (Å²) in [6.07, 6.45) is 3.64. The lowest BCUT2D eigenvalue weighted by molar-refractivity contribution is 0.280. The molecular formula is C16H27N3. The summed E-state index contributed by atoms with van der Waals surface area (Å²) in [4.78, 5) is 5.06. The zero-order valence-corrected chi connectivity index (χ0v) is 12.4. The van der Waals surface area contributed by atoms with Gasteiger partial charge >= 0.3 is 0 Å². The van der Waals surface area contributed by atoms with Crippen LogP contribution in [0.2, 0.25) is 0 Å². The van der Waals surface area contributed by atoms with E-state index in [1.54, 1.807) is 0 Å². The second kappa shape index (κ2) is 6.80. The second-order valence-corrected chi connectivity index (χ2v) is 5.47. The van der Waals surface area contributed by atoms with E-state index in [1.165, 1.54) is 37.2 Å². The summed E-state index contributed by atoms with van der Waals surface area (Å²) >= 11 is 0. The van der Waals surface area contributed by atoms with Gasteiger partial charge in [0, 0.05) is 31.0 Å². The Bertz CT molecular complexity index is 397. The van der Waals surface area contributed by atoms with E-state index in [-0.39, 0.29) is 0 Å². The van der Waals surface area contributed by atoms with Gasteiger partial charge in [-0.1, -0.05) is 19.9 Å². The van der Waals surface area contributed by atoms with Crippen molar-refractivity contribution in [3.63, 3.8) is 0 Å². The first kappa shape index (κ1) is 14.2. The molecule has 1 heterocycles. The standard InChI is InChI=1S/C16H27N3/c1-3-8-18(9-4-2)11-12-19-10-7-14-5-6-15(17)13-16(14)19/h5-6,13H,3-4,7-12,17H2,1-2H3. The molecule has 0 saturated carbocycles. The van der Waals surface area contributed by atoms with Crippen molar-refractivity contribution in [3.8, 4) is 0 Å². The minimum absolute atomic E-state index is 0.879. The van der Waals surface area contributed by atoms with Gasteiger partial charge in [-0.15, -0.1) is 0 Å². The van der Waals surface area contributed by atoms with Gasteiger partial charge in [0.25, 0.3) is 0 Å². The lowest BCUT2D eigenvalue weighted by atomic mass is 10.1. The van der Waals surface area contributed by atoms with Crippen LogP contribution in [0.4, 0.5) is 11.4 Å².